The first-order chi connectivity index (χ1) is 7.13. The number of nitrogens with two attached hydrogens (primary N) is 1. The van der Waals surface area contributed by atoms with Crippen molar-refractivity contribution in [1.82, 2.24) is 10.3 Å². The molecule has 0 spiro atoms. The predicted octanol–water partition coefficient (Wildman–Crippen LogP) is 1.84. The van der Waals surface area contributed by atoms with Crippen molar-refractivity contribution in [2.45, 2.75) is 32.7 Å². The van der Waals surface area contributed by atoms with Crippen LogP contribution in [0.2, 0.25) is 0 Å². The lowest BCUT2D eigenvalue weighted by molar-refractivity contribution is 0.440. The Kier molecular flexibility index (Phi) is 4.56. The summed E-state index contributed by atoms with van der Waals surface area (Å²) in [5, 5.41) is 3.25. The van der Waals surface area contributed by atoms with Crippen LogP contribution in [0.25, 0.3) is 0 Å². The van der Waals surface area contributed by atoms with Crippen LogP contribution in [0.4, 0.5) is 5.69 Å². The molecule has 0 amide bonds. The summed E-state index contributed by atoms with van der Waals surface area (Å²) in [7, 11) is 2.00. The predicted molar refractivity (Wildman–Crippen MR) is 64.7 cm³/mol. The maximum atomic E-state index is 5.88. The van der Waals surface area contributed by atoms with Crippen LogP contribution in [0.5, 0.6) is 0 Å². The molecule has 0 saturated heterocycles. The normalized spacial score (nSPS) is 14.9. The lowest BCUT2D eigenvalue weighted by Crippen LogP contribution is -2.24. The van der Waals surface area contributed by atoms with Gasteiger partial charge in [-0.05, 0) is 44.4 Å². The molecule has 0 aliphatic heterocycles. The van der Waals surface area contributed by atoms with Crippen molar-refractivity contribution in [3.63, 3.8) is 0 Å². The van der Waals surface area contributed by atoms with Gasteiger partial charge in [0.2, 0.25) is 0 Å². The highest BCUT2D eigenvalue weighted by Crippen LogP contribution is 2.17. The van der Waals surface area contributed by atoms with Crippen LogP contribution in [0.1, 0.15) is 25.8 Å². The Hall–Kier alpha value is -1.09. The van der Waals surface area contributed by atoms with E-state index in [1.165, 1.54) is 0 Å². The molecule has 0 radical (unpaired) electrons. The summed E-state index contributed by atoms with van der Waals surface area (Å²) in [5.41, 5.74) is 7.89. The maximum absolute atomic E-state index is 5.88. The van der Waals surface area contributed by atoms with Crippen LogP contribution in [-0.4, -0.2) is 18.1 Å². The molecule has 0 fully saturated rings. The van der Waals surface area contributed by atoms with Gasteiger partial charge in [-0.15, -0.1) is 0 Å². The summed E-state index contributed by atoms with van der Waals surface area (Å²) in [6, 6.07) is 2.42. The van der Waals surface area contributed by atoms with E-state index in [0.29, 0.717) is 12.0 Å². The number of hydrogen-bond acceptors (Lipinski definition) is 3. The number of nitrogens with zero attached hydrogens (tertiary/aromatic N) is 1. The second-order valence-corrected chi connectivity index (χ2v) is 4.31. The van der Waals surface area contributed by atoms with Crippen molar-refractivity contribution in [3.8, 4) is 0 Å². The van der Waals surface area contributed by atoms with Crippen LogP contribution in [0, 0.1) is 5.92 Å². The van der Waals surface area contributed by atoms with Gasteiger partial charge in [-0.25, -0.2) is 0 Å². The smallest absolute Gasteiger partial charge is 0.0377 e. The highest BCUT2D eigenvalue weighted by atomic mass is 14.8. The molecule has 0 aliphatic carbocycles. The first-order valence-corrected chi connectivity index (χ1v) is 5.49. The monoisotopic (exact) mass is 207 g/mol. The molecule has 1 aromatic heterocycles. The molecule has 1 heterocycles. The Balaban J connectivity index is 2.51. The maximum Gasteiger partial charge on any atom is 0.0377 e. The van der Waals surface area contributed by atoms with Gasteiger partial charge in [-0.1, -0.05) is 6.92 Å². The molecule has 15 heavy (non-hydrogen) atoms. The Morgan fingerprint density at radius 3 is 2.80 bits per heavy atom. The minimum Gasteiger partial charge on any atom is -0.398 e. The lowest BCUT2D eigenvalue weighted by atomic mass is 9.95. The Bertz CT molecular complexity index is 299. The fourth-order valence-electron chi connectivity index (χ4n) is 1.79. The van der Waals surface area contributed by atoms with Crippen molar-refractivity contribution in [1.29, 1.82) is 0 Å². The van der Waals surface area contributed by atoms with Gasteiger partial charge in [-0.3, -0.25) is 4.98 Å². The first kappa shape index (κ1) is 12.0. The van der Waals surface area contributed by atoms with Gasteiger partial charge < -0.3 is 11.1 Å². The van der Waals surface area contributed by atoms with Gasteiger partial charge in [0.05, 0.1) is 0 Å². The molecule has 0 saturated carbocycles. The van der Waals surface area contributed by atoms with Crippen molar-refractivity contribution in [2.75, 3.05) is 12.8 Å². The van der Waals surface area contributed by atoms with Gasteiger partial charge in [0.15, 0.2) is 0 Å². The van der Waals surface area contributed by atoms with E-state index in [9.17, 15) is 0 Å². The minimum absolute atomic E-state index is 0.554. The summed E-state index contributed by atoms with van der Waals surface area (Å²) in [6.07, 6.45) is 5.77. The molecule has 1 rings (SSSR count). The quantitative estimate of drug-likeness (QED) is 0.774. The van der Waals surface area contributed by atoms with E-state index in [0.717, 1.165) is 24.1 Å². The molecule has 0 aromatic carbocycles. The third-order valence-corrected chi connectivity index (χ3v) is 2.76. The Morgan fingerprint density at radius 1 is 1.47 bits per heavy atom. The standard InChI is InChI=1S/C12H21N3/c1-9(6-10(2)14-3)7-11-8-15-5-4-12(11)13/h4-5,8-10,14H,6-7H2,1-3H3,(H2,13,15). The first-order valence-electron chi connectivity index (χ1n) is 5.49. The molecule has 3 heteroatoms. The topological polar surface area (TPSA) is 50.9 Å². The molecular formula is C12H21N3. The van der Waals surface area contributed by atoms with E-state index in [2.05, 4.69) is 24.1 Å². The number of aromatic nitrogens is 1. The van der Waals surface area contributed by atoms with E-state index in [-0.39, 0.29) is 0 Å². The van der Waals surface area contributed by atoms with Gasteiger partial charge in [-0.2, -0.15) is 0 Å². The van der Waals surface area contributed by atoms with E-state index in [4.69, 9.17) is 5.73 Å². The van der Waals surface area contributed by atoms with Crippen LogP contribution in [0.15, 0.2) is 18.5 Å². The molecule has 3 N–H and O–H groups in total. The minimum atomic E-state index is 0.554. The van der Waals surface area contributed by atoms with Crippen LogP contribution >= 0.6 is 0 Å². The molecule has 84 valence electrons. The van der Waals surface area contributed by atoms with Gasteiger partial charge >= 0.3 is 0 Å². The molecule has 3 nitrogen and oxygen atoms in total. The Labute approximate surface area is 92.1 Å². The largest absolute Gasteiger partial charge is 0.398 e. The van der Waals surface area contributed by atoms with Crippen LogP contribution < -0.4 is 11.1 Å². The number of pyridine rings is 1. The zero-order chi connectivity index (χ0) is 11.3. The van der Waals surface area contributed by atoms with Gasteiger partial charge in [0.25, 0.3) is 0 Å². The molecule has 0 aliphatic rings. The van der Waals surface area contributed by atoms with Crippen molar-refractivity contribution in [3.05, 3.63) is 24.0 Å². The van der Waals surface area contributed by atoms with E-state index < -0.39 is 0 Å². The number of rotatable bonds is 5. The summed E-state index contributed by atoms with van der Waals surface area (Å²) >= 11 is 0. The van der Waals surface area contributed by atoms with E-state index in [1.54, 1.807) is 6.20 Å². The second kappa shape index (κ2) is 5.71. The van der Waals surface area contributed by atoms with E-state index >= 15 is 0 Å². The fourth-order valence-corrected chi connectivity index (χ4v) is 1.79. The molecule has 2 unspecified atom stereocenters. The van der Waals surface area contributed by atoms with Crippen molar-refractivity contribution >= 4 is 5.69 Å². The molecule has 1 aromatic rings. The van der Waals surface area contributed by atoms with Gasteiger partial charge in [0, 0.05) is 24.1 Å². The zero-order valence-electron chi connectivity index (χ0n) is 9.83. The van der Waals surface area contributed by atoms with Crippen molar-refractivity contribution < 1.29 is 0 Å². The second-order valence-electron chi connectivity index (χ2n) is 4.31. The van der Waals surface area contributed by atoms with E-state index in [1.807, 2.05) is 19.3 Å². The summed E-state index contributed by atoms with van der Waals surface area (Å²) in [5.74, 6) is 0.624. The van der Waals surface area contributed by atoms with Crippen LogP contribution in [-0.2, 0) is 6.42 Å². The number of nitrogens with one attached hydrogen (secondary N) is 1. The average molecular weight is 207 g/mol. The SMILES string of the molecule is CNC(C)CC(C)Cc1cnccc1N. The molecule has 0 bridgehead atoms. The number of nitrogen functional groups attached to an aromatic ring is 1. The Morgan fingerprint density at radius 2 is 2.20 bits per heavy atom. The number of hydrogen-bond donors (Lipinski definition) is 2. The fraction of sp³-hybridized carbons (Fsp3) is 0.583. The third kappa shape index (κ3) is 3.88. The zero-order valence-corrected chi connectivity index (χ0v) is 9.83. The summed E-state index contributed by atoms with van der Waals surface area (Å²) in [6.45, 7) is 4.45. The molecular weight excluding hydrogens is 186 g/mol. The van der Waals surface area contributed by atoms with Crippen molar-refractivity contribution in [2.24, 2.45) is 5.92 Å². The highest BCUT2D eigenvalue weighted by molar-refractivity contribution is 5.44. The van der Waals surface area contributed by atoms with Gasteiger partial charge in [0.1, 0.15) is 0 Å². The average Bonchev–Trinajstić information content (AvgIpc) is 2.21. The molecule has 2 atom stereocenters. The number of anilines is 1. The lowest BCUT2D eigenvalue weighted by Gasteiger charge is -2.17. The third-order valence-electron chi connectivity index (χ3n) is 2.76. The highest BCUT2D eigenvalue weighted by Gasteiger charge is 2.09. The summed E-state index contributed by atoms with van der Waals surface area (Å²) in [4.78, 5) is 4.10. The summed E-state index contributed by atoms with van der Waals surface area (Å²) < 4.78 is 0. The van der Waals surface area contributed by atoms with Crippen LogP contribution in [0.3, 0.4) is 0 Å².